The molecule has 232 valence electrons. The first-order valence-electron chi connectivity index (χ1n) is 15.9. The minimum atomic E-state index is -0.434. The third-order valence-electron chi connectivity index (χ3n) is 8.50. The van der Waals surface area contributed by atoms with Gasteiger partial charge < -0.3 is 14.4 Å². The molecule has 45 heavy (non-hydrogen) atoms. The number of amides is 2. The van der Waals surface area contributed by atoms with Crippen molar-refractivity contribution in [1.29, 1.82) is 0 Å². The Kier molecular flexibility index (Phi) is 9.53. The molecule has 0 bridgehead atoms. The lowest BCUT2D eigenvalue weighted by Gasteiger charge is -2.24. The SMILES string of the molecule is CCn1cc(/C(=N/OC(=O)N2CCCCC2)c2ccccc2)c2cc(/C(=N/OC(=O)N3CCCCC3)c3ccccc3)ccc21. The van der Waals surface area contributed by atoms with Crippen molar-refractivity contribution in [2.75, 3.05) is 26.2 Å². The standard InChI is InChI=1S/C36H39N5O4/c1-2-39-26-31(34(28-17-9-4-10-18-28)38-45-36(43)41-23-13-6-14-24-41)30-25-29(19-20-32(30)39)33(27-15-7-3-8-16-27)37-44-35(42)40-21-11-5-12-22-40/h3-4,7-10,15-20,25-26H,2,5-6,11-14,21-24H2,1H3/b37-33+,38-34+. The van der Waals surface area contributed by atoms with Crippen LogP contribution in [0, 0.1) is 0 Å². The number of aryl methyl sites for hydroxylation is 1. The van der Waals surface area contributed by atoms with Crippen LogP contribution in [0.3, 0.4) is 0 Å². The van der Waals surface area contributed by atoms with Crippen molar-refractivity contribution in [1.82, 2.24) is 14.4 Å². The van der Waals surface area contributed by atoms with E-state index in [2.05, 4.69) is 21.8 Å². The molecular formula is C36H39N5O4. The fourth-order valence-corrected chi connectivity index (χ4v) is 6.05. The van der Waals surface area contributed by atoms with Crippen LogP contribution in [0.5, 0.6) is 0 Å². The topological polar surface area (TPSA) is 88.7 Å². The van der Waals surface area contributed by atoms with Crippen LogP contribution in [0.15, 0.2) is 95.4 Å². The molecule has 2 aliphatic heterocycles. The van der Waals surface area contributed by atoms with Gasteiger partial charge in [0.05, 0.1) is 0 Å². The van der Waals surface area contributed by atoms with E-state index in [-0.39, 0.29) is 0 Å². The van der Waals surface area contributed by atoms with E-state index >= 15 is 0 Å². The molecule has 0 atom stereocenters. The van der Waals surface area contributed by atoms with Gasteiger partial charge in [-0.05, 0) is 57.6 Å². The highest BCUT2D eigenvalue weighted by Crippen LogP contribution is 2.28. The highest BCUT2D eigenvalue weighted by atomic mass is 16.7. The Balaban J connectivity index is 1.42. The van der Waals surface area contributed by atoms with Gasteiger partial charge in [0.15, 0.2) is 0 Å². The zero-order valence-corrected chi connectivity index (χ0v) is 25.7. The Labute approximate surface area is 263 Å². The average molecular weight is 606 g/mol. The quantitative estimate of drug-likeness (QED) is 0.125. The highest BCUT2D eigenvalue weighted by molar-refractivity contribution is 6.21. The lowest BCUT2D eigenvalue weighted by molar-refractivity contribution is 0.0976. The second-order valence-corrected chi connectivity index (χ2v) is 11.5. The number of oxime groups is 2. The summed E-state index contributed by atoms with van der Waals surface area (Å²) in [6.07, 6.45) is 7.29. The van der Waals surface area contributed by atoms with Crippen molar-refractivity contribution >= 4 is 34.5 Å². The zero-order valence-electron chi connectivity index (χ0n) is 25.7. The third-order valence-corrected chi connectivity index (χ3v) is 8.50. The van der Waals surface area contributed by atoms with E-state index in [1.165, 1.54) is 0 Å². The van der Waals surface area contributed by atoms with E-state index in [0.29, 0.717) is 37.6 Å². The van der Waals surface area contributed by atoms with E-state index < -0.39 is 12.2 Å². The Hall–Kier alpha value is -4.92. The van der Waals surface area contributed by atoms with Crippen molar-refractivity contribution in [3.63, 3.8) is 0 Å². The number of piperidine rings is 2. The van der Waals surface area contributed by atoms with Gasteiger partial charge in [0.1, 0.15) is 11.4 Å². The molecule has 4 aromatic rings. The summed E-state index contributed by atoms with van der Waals surface area (Å²) in [5.74, 6) is 0. The lowest BCUT2D eigenvalue weighted by atomic mass is 9.97. The van der Waals surface area contributed by atoms with Gasteiger partial charge >= 0.3 is 12.2 Å². The molecule has 2 amide bonds. The van der Waals surface area contributed by atoms with Crippen LogP contribution >= 0.6 is 0 Å². The molecule has 6 rings (SSSR count). The number of rotatable bonds is 7. The Morgan fingerprint density at radius 1 is 0.644 bits per heavy atom. The molecule has 3 heterocycles. The first-order chi connectivity index (χ1) is 22.1. The van der Waals surface area contributed by atoms with Gasteiger partial charge in [-0.1, -0.05) is 77.0 Å². The average Bonchev–Trinajstić information content (AvgIpc) is 3.47. The van der Waals surface area contributed by atoms with E-state index in [1.807, 2.05) is 85.1 Å². The molecule has 2 fully saturated rings. The number of hydrogen-bond donors (Lipinski definition) is 0. The van der Waals surface area contributed by atoms with Crippen molar-refractivity contribution in [3.8, 4) is 0 Å². The van der Waals surface area contributed by atoms with Gasteiger partial charge in [-0.3, -0.25) is 9.68 Å². The Bertz CT molecular complexity index is 1680. The van der Waals surface area contributed by atoms with E-state index in [1.54, 1.807) is 9.80 Å². The lowest BCUT2D eigenvalue weighted by Crippen LogP contribution is -2.35. The molecule has 2 saturated heterocycles. The van der Waals surface area contributed by atoms with Gasteiger partial charge in [0.2, 0.25) is 0 Å². The van der Waals surface area contributed by atoms with E-state index in [4.69, 9.17) is 9.68 Å². The van der Waals surface area contributed by atoms with Crippen molar-refractivity contribution in [3.05, 3.63) is 107 Å². The molecule has 9 heteroatoms. The molecule has 0 spiro atoms. The molecule has 2 aliphatic rings. The van der Waals surface area contributed by atoms with Crippen molar-refractivity contribution < 1.29 is 19.3 Å². The minimum absolute atomic E-state index is 0.433. The number of fused-ring (bicyclic) bond motifs is 1. The summed E-state index contributed by atoms with van der Waals surface area (Å²) in [6, 6.07) is 25.6. The third kappa shape index (κ3) is 6.93. The van der Waals surface area contributed by atoms with E-state index in [0.717, 1.165) is 78.2 Å². The summed E-state index contributed by atoms with van der Waals surface area (Å²) < 4.78 is 2.15. The number of carbonyl (C=O) groups excluding carboxylic acids is 2. The first kappa shape index (κ1) is 30.1. The number of likely N-dealkylation sites (tertiary alicyclic amines) is 2. The highest BCUT2D eigenvalue weighted by Gasteiger charge is 2.22. The molecule has 0 radical (unpaired) electrons. The maximum atomic E-state index is 13.0. The summed E-state index contributed by atoms with van der Waals surface area (Å²) in [5, 5.41) is 9.83. The van der Waals surface area contributed by atoms with Crippen LogP contribution in [-0.4, -0.2) is 64.2 Å². The molecule has 9 nitrogen and oxygen atoms in total. The number of carbonyl (C=O) groups is 2. The monoisotopic (exact) mass is 605 g/mol. The van der Waals surface area contributed by atoms with E-state index in [9.17, 15) is 9.59 Å². The normalized spacial score (nSPS) is 16.1. The largest absolute Gasteiger partial charge is 0.435 e. The Morgan fingerprint density at radius 2 is 1.16 bits per heavy atom. The van der Waals surface area contributed by atoms with Gasteiger partial charge in [0, 0.05) is 72.1 Å². The fraction of sp³-hybridized carbons (Fsp3) is 0.333. The molecule has 0 N–H and O–H groups in total. The zero-order chi connectivity index (χ0) is 31.0. The molecule has 1 aromatic heterocycles. The molecule has 0 unspecified atom stereocenters. The van der Waals surface area contributed by atoms with Crippen molar-refractivity contribution in [2.24, 2.45) is 10.3 Å². The summed E-state index contributed by atoms with van der Waals surface area (Å²) >= 11 is 0. The molecule has 3 aromatic carbocycles. The summed E-state index contributed by atoms with van der Waals surface area (Å²) in [5.41, 5.74) is 5.37. The van der Waals surface area contributed by atoms with Gasteiger partial charge in [-0.15, -0.1) is 0 Å². The van der Waals surface area contributed by atoms with Gasteiger partial charge in [-0.2, -0.15) is 0 Å². The number of nitrogens with zero attached hydrogens (tertiary/aromatic N) is 5. The molecular weight excluding hydrogens is 566 g/mol. The minimum Gasteiger partial charge on any atom is -0.347 e. The summed E-state index contributed by atoms with van der Waals surface area (Å²) in [4.78, 5) is 40.4. The molecule has 0 saturated carbocycles. The smallest absolute Gasteiger partial charge is 0.347 e. The summed E-state index contributed by atoms with van der Waals surface area (Å²) in [7, 11) is 0. The van der Waals surface area contributed by atoms with Crippen LogP contribution in [-0.2, 0) is 16.2 Å². The second kappa shape index (κ2) is 14.2. The van der Waals surface area contributed by atoms with Gasteiger partial charge in [0.25, 0.3) is 0 Å². The van der Waals surface area contributed by atoms with Crippen LogP contribution in [0.1, 0.15) is 67.7 Å². The maximum absolute atomic E-state index is 13.0. The summed E-state index contributed by atoms with van der Waals surface area (Å²) in [6.45, 7) is 5.54. The number of benzene rings is 3. The van der Waals surface area contributed by atoms with Crippen LogP contribution < -0.4 is 0 Å². The van der Waals surface area contributed by atoms with Crippen LogP contribution in [0.2, 0.25) is 0 Å². The predicted octanol–water partition coefficient (Wildman–Crippen LogP) is 7.41. The van der Waals surface area contributed by atoms with Crippen LogP contribution in [0.4, 0.5) is 9.59 Å². The predicted molar refractivity (Wildman–Crippen MR) is 176 cm³/mol. The van der Waals surface area contributed by atoms with Crippen molar-refractivity contribution in [2.45, 2.75) is 52.0 Å². The Morgan fingerprint density at radius 3 is 1.69 bits per heavy atom. The van der Waals surface area contributed by atoms with Crippen LogP contribution in [0.25, 0.3) is 10.9 Å². The first-order valence-corrected chi connectivity index (χ1v) is 15.9. The maximum Gasteiger partial charge on any atom is 0.435 e. The number of aromatic nitrogens is 1. The molecule has 0 aliphatic carbocycles. The number of hydrogen-bond acceptors (Lipinski definition) is 6. The second-order valence-electron chi connectivity index (χ2n) is 11.5. The van der Waals surface area contributed by atoms with Gasteiger partial charge in [-0.25, -0.2) is 9.59 Å². The fourth-order valence-electron chi connectivity index (χ4n) is 6.05.